The summed E-state index contributed by atoms with van der Waals surface area (Å²) in [5, 5.41) is 3.52. The lowest BCUT2D eigenvalue weighted by Crippen LogP contribution is -2.30. The predicted octanol–water partition coefficient (Wildman–Crippen LogP) is 3.22. The van der Waals surface area contributed by atoms with Crippen molar-refractivity contribution in [1.82, 2.24) is 0 Å². The second kappa shape index (κ2) is 6.43. The Morgan fingerprint density at radius 1 is 1.22 bits per heavy atom. The Labute approximate surface area is 109 Å². The average Bonchev–Trinajstić information content (AvgIpc) is 2.41. The summed E-state index contributed by atoms with van der Waals surface area (Å²) in [6.45, 7) is 2.35. The molecular weight excluding hydrogens is 226 g/mol. The van der Waals surface area contributed by atoms with Gasteiger partial charge in [0.25, 0.3) is 0 Å². The number of rotatable bonds is 4. The van der Waals surface area contributed by atoms with Crippen LogP contribution in [0.4, 0.5) is 5.69 Å². The topological polar surface area (TPSA) is 38.3 Å². The monoisotopic (exact) mass is 247 g/mol. The second-order valence-corrected chi connectivity index (χ2v) is 4.81. The Balaban J connectivity index is 1.78. The molecule has 0 saturated heterocycles. The van der Waals surface area contributed by atoms with Crippen molar-refractivity contribution in [3.8, 4) is 0 Å². The third-order valence-corrected chi connectivity index (χ3v) is 3.49. The van der Waals surface area contributed by atoms with Crippen molar-refractivity contribution in [2.24, 2.45) is 5.92 Å². The molecular formula is C15H21NO2. The third-order valence-electron chi connectivity index (χ3n) is 3.49. The van der Waals surface area contributed by atoms with Gasteiger partial charge >= 0.3 is 5.97 Å². The molecule has 0 spiro atoms. The molecule has 0 aromatic heterocycles. The van der Waals surface area contributed by atoms with E-state index < -0.39 is 0 Å². The maximum Gasteiger partial charge on any atom is 0.308 e. The van der Waals surface area contributed by atoms with Gasteiger partial charge in [0, 0.05) is 11.7 Å². The van der Waals surface area contributed by atoms with Crippen molar-refractivity contribution in [3.05, 3.63) is 30.3 Å². The van der Waals surface area contributed by atoms with Gasteiger partial charge in [-0.15, -0.1) is 0 Å². The maximum atomic E-state index is 11.6. The highest BCUT2D eigenvalue weighted by molar-refractivity contribution is 5.72. The Hall–Kier alpha value is -1.51. The van der Waals surface area contributed by atoms with Crippen LogP contribution >= 0.6 is 0 Å². The first kappa shape index (κ1) is 12.9. The van der Waals surface area contributed by atoms with Crippen LogP contribution in [0.3, 0.4) is 0 Å². The number of anilines is 1. The molecule has 0 unspecified atom stereocenters. The van der Waals surface area contributed by atoms with E-state index in [9.17, 15) is 4.79 Å². The molecule has 98 valence electrons. The molecule has 1 fully saturated rings. The van der Waals surface area contributed by atoms with E-state index in [1.165, 1.54) is 0 Å². The Morgan fingerprint density at radius 3 is 2.50 bits per heavy atom. The first-order chi connectivity index (χ1) is 8.79. The zero-order valence-corrected chi connectivity index (χ0v) is 10.9. The first-order valence-corrected chi connectivity index (χ1v) is 6.78. The quantitative estimate of drug-likeness (QED) is 0.830. The van der Waals surface area contributed by atoms with Crippen molar-refractivity contribution in [2.45, 2.75) is 38.6 Å². The number of carbonyl (C=O) groups is 1. The fraction of sp³-hybridized carbons (Fsp3) is 0.533. The molecule has 1 aliphatic rings. The number of esters is 1. The number of carbonyl (C=O) groups excluding carboxylic acids is 1. The van der Waals surface area contributed by atoms with Crippen LogP contribution in [-0.4, -0.2) is 18.6 Å². The van der Waals surface area contributed by atoms with Gasteiger partial charge in [-0.2, -0.15) is 0 Å². The zero-order chi connectivity index (χ0) is 12.8. The Bertz CT molecular complexity index is 369. The minimum atomic E-state index is -0.0179. The summed E-state index contributed by atoms with van der Waals surface area (Å²) in [5.74, 6) is 0.0921. The van der Waals surface area contributed by atoms with E-state index in [0.717, 1.165) is 31.4 Å². The molecule has 18 heavy (non-hydrogen) atoms. The smallest absolute Gasteiger partial charge is 0.308 e. The highest BCUT2D eigenvalue weighted by Crippen LogP contribution is 2.27. The molecule has 0 aliphatic heterocycles. The van der Waals surface area contributed by atoms with Gasteiger partial charge in [-0.1, -0.05) is 18.2 Å². The number of benzene rings is 1. The summed E-state index contributed by atoms with van der Waals surface area (Å²) >= 11 is 0. The molecule has 0 heterocycles. The molecule has 1 aliphatic carbocycles. The van der Waals surface area contributed by atoms with Crippen LogP contribution in [-0.2, 0) is 9.53 Å². The standard InChI is InChI=1S/C15H21NO2/c1-2-18-15(17)12-8-10-14(11-9-12)16-13-6-4-3-5-7-13/h3-7,12,14,16H,2,8-11H2,1H3/t12-,14+. The Kier molecular flexibility index (Phi) is 4.62. The largest absolute Gasteiger partial charge is 0.466 e. The lowest BCUT2D eigenvalue weighted by Gasteiger charge is -2.28. The molecule has 0 bridgehead atoms. The van der Waals surface area contributed by atoms with E-state index in [-0.39, 0.29) is 11.9 Å². The van der Waals surface area contributed by atoms with Crippen molar-refractivity contribution in [3.63, 3.8) is 0 Å². The third kappa shape index (κ3) is 3.49. The minimum absolute atomic E-state index is 0.0179. The fourth-order valence-electron chi connectivity index (χ4n) is 2.50. The molecule has 0 amide bonds. The molecule has 0 radical (unpaired) electrons. The maximum absolute atomic E-state index is 11.6. The van der Waals surface area contributed by atoms with E-state index in [2.05, 4.69) is 17.4 Å². The molecule has 3 nitrogen and oxygen atoms in total. The van der Waals surface area contributed by atoms with E-state index >= 15 is 0 Å². The Morgan fingerprint density at radius 2 is 1.89 bits per heavy atom. The lowest BCUT2D eigenvalue weighted by molar-refractivity contribution is -0.149. The predicted molar refractivity (Wildman–Crippen MR) is 72.4 cm³/mol. The van der Waals surface area contributed by atoms with Gasteiger partial charge in [0.1, 0.15) is 0 Å². The molecule has 2 rings (SSSR count). The van der Waals surface area contributed by atoms with Gasteiger partial charge in [-0.3, -0.25) is 4.79 Å². The van der Waals surface area contributed by atoms with E-state index in [1.807, 2.05) is 25.1 Å². The van der Waals surface area contributed by atoms with E-state index in [0.29, 0.717) is 12.6 Å². The summed E-state index contributed by atoms with van der Waals surface area (Å²) in [6.07, 6.45) is 3.95. The summed E-state index contributed by atoms with van der Waals surface area (Å²) in [6, 6.07) is 10.7. The van der Waals surface area contributed by atoms with Crippen molar-refractivity contribution in [1.29, 1.82) is 0 Å². The molecule has 1 aromatic carbocycles. The van der Waals surface area contributed by atoms with Gasteiger partial charge in [0.2, 0.25) is 0 Å². The second-order valence-electron chi connectivity index (χ2n) is 4.81. The molecule has 1 N–H and O–H groups in total. The highest BCUT2D eigenvalue weighted by Gasteiger charge is 2.26. The molecule has 1 aromatic rings. The summed E-state index contributed by atoms with van der Waals surface area (Å²) in [4.78, 5) is 11.6. The van der Waals surface area contributed by atoms with Crippen LogP contribution in [0.15, 0.2) is 30.3 Å². The van der Waals surface area contributed by atoms with Gasteiger partial charge < -0.3 is 10.1 Å². The number of nitrogens with one attached hydrogen (secondary N) is 1. The fourth-order valence-corrected chi connectivity index (χ4v) is 2.50. The molecule has 1 saturated carbocycles. The lowest BCUT2D eigenvalue weighted by atomic mass is 9.86. The highest BCUT2D eigenvalue weighted by atomic mass is 16.5. The number of hydrogen-bond acceptors (Lipinski definition) is 3. The number of ether oxygens (including phenoxy) is 1. The van der Waals surface area contributed by atoms with E-state index in [4.69, 9.17) is 4.74 Å². The van der Waals surface area contributed by atoms with E-state index in [1.54, 1.807) is 0 Å². The van der Waals surface area contributed by atoms with Gasteiger partial charge in [0.15, 0.2) is 0 Å². The van der Waals surface area contributed by atoms with Crippen LogP contribution in [0, 0.1) is 5.92 Å². The number of hydrogen-bond donors (Lipinski definition) is 1. The van der Waals surface area contributed by atoms with Crippen LogP contribution in [0.2, 0.25) is 0 Å². The van der Waals surface area contributed by atoms with Crippen molar-refractivity contribution < 1.29 is 9.53 Å². The van der Waals surface area contributed by atoms with Gasteiger partial charge in [-0.05, 0) is 44.7 Å². The SMILES string of the molecule is CCOC(=O)[C@H]1CC[C@@H](Nc2ccccc2)CC1. The summed E-state index contributed by atoms with van der Waals surface area (Å²) in [5.41, 5.74) is 1.16. The average molecular weight is 247 g/mol. The van der Waals surface area contributed by atoms with Crippen molar-refractivity contribution in [2.75, 3.05) is 11.9 Å². The molecule has 0 atom stereocenters. The van der Waals surface area contributed by atoms with Crippen molar-refractivity contribution >= 4 is 11.7 Å². The van der Waals surface area contributed by atoms with Crippen LogP contribution in [0.1, 0.15) is 32.6 Å². The van der Waals surface area contributed by atoms with Crippen LogP contribution in [0.25, 0.3) is 0 Å². The van der Waals surface area contributed by atoms with Crippen LogP contribution < -0.4 is 5.32 Å². The zero-order valence-electron chi connectivity index (χ0n) is 10.9. The van der Waals surface area contributed by atoms with Gasteiger partial charge in [0.05, 0.1) is 12.5 Å². The first-order valence-electron chi connectivity index (χ1n) is 6.78. The van der Waals surface area contributed by atoms with Gasteiger partial charge in [-0.25, -0.2) is 0 Å². The normalized spacial score (nSPS) is 23.4. The number of para-hydroxylation sites is 1. The minimum Gasteiger partial charge on any atom is -0.466 e. The summed E-state index contributed by atoms with van der Waals surface area (Å²) < 4.78 is 5.08. The summed E-state index contributed by atoms with van der Waals surface area (Å²) in [7, 11) is 0. The van der Waals surface area contributed by atoms with Crippen LogP contribution in [0.5, 0.6) is 0 Å². The molecule has 3 heteroatoms.